The van der Waals surface area contributed by atoms with Crippen LogP contribution in [-0.2, 0) is 13.0 Å². The van der Waals surface area contributed by atoms with Crippen molar-refractivity contribution >= 4 is 11.0 Å². The number of fused-ring (bicyclic) bond motifs is 1. The normalized spacial score (nSPS) is 11.2. The Hall–Kier alpha value is -2.29. The highest BCUT2D eigenvalue weighted by molar-refractivity contribution is 5.86. The summed E-state index contributed by atoms with van der Waals surface area (Å²) in [6.07, 6.45) is 10.0. The van der Waals surface area contributed by atoms with Crippen molar-refractivity contribution in [3.8, 4) is 5.75 Å². The SMILES string of the molecule is CCCCCCCCCc1noc2cccc(OCc3ccc(C)cc3)c12. The van der Waals surface area contributed by atoms with Gasteiger partial charge in [-0.15, -0.1) is 0 Å². The van der Waals surface area contributed by atoms with E-state index < -0.39 is 0 Å². The lowest BCUT2D eigenvalue weighted by atomic mass is 10.1. The first kappa shape index (κ1) is 19.5. The van der Waals surface area contributed by atoms with Gasteiger partial charge in [0.2, 0.25) is 0 Å². The first-order chi connectivity index (χ1) is 13.3. The monoisotopic (exact) mass is 365 g/mol. The largest absolute Gasteiger partial charge is 0.488 e. The van der Waals surface area contributed by atoms with E-state index in [0.29, 0.717) is 6.61 Å². The van der Waals surface area contributed by atoms with Crippen LogP contribution in [0, 0.1) is 6.92 Å². The molecule has 0 radical (unpaired) electrons. The Labute approximate surface area is 162 Å². The minimum absolute atomic E-state index is 0.557. The molecule has 3 aromatic rings. The van der Waals surface area contributed by atoms with Gasteiger partial charge < -0.3 is 9.26 Å². The van der Waals surface area contributed by atoms with Crippen LogP contribution in [0.2, 0.25) is 0 Å². The number of unbranched alkanes of at least 4 members (excludes halogenated alkanes) is 6. The summed E-state index contributed by atoms with van der Waals surface area (Å²) >= 11 is 0. The van der Waals surface area contributed by atoms with E-state index in [4.69, 9.17) is 9.26 Å². The van der Waals surface area contributed by atoms with Crippen molar-refractivity contribution < 1.29 is 9.26 Å². The summed E-state index contributed by atoms with van der Waals surface area (Å²) < 4.78 is 11.7. The molecule has 2 aromatic carbocycles. The molecule has 0 unspecified atom stereocenters. The van der Waals surface area contributed by atoms with Gasteiger partial charge in [0.05, 0.1) is 11.1 Å². The minimum atomic E-state index is 0.557. The molecule has 0 bridgehead atoms. The van der Waals surface area contributed by atoms with E-state index in [2.05, 4.69) is 43.3 Å². The van der Waals surface area contributed by atoms with Crippen LogP contribution in [0.4, 0.5) is 0 Å². The average Bonchev–Trinajstić information content (AvgIpc) is 3.11. The molecule has 144 valence electrons. The Morgan fingerprint density at radius 3 is 2.41 bits per heavy atom. The van der Waals surface area contributed by atoms with E-state index in [1.807, 2.05) is 18.2 Å². The number of benzene rings is 2. The average molecular weight is 366 g/mol. The standard InChI is InChI=1S/C24H31NO2/c1-3-4-5-6-7-8-9-11-21-24-22(12-10-13-23(24)27-25-21)26-18-20-16-14-19(2)15-17-20/h10,12-17H,3-9,11,18H2,1-2H3. The van der Waals surface area contributed by atoms with Crippen molar-refractivity contribution in [3.05, 3.63) is 59.3 Å². The van der Waals surface area contributed by atoms with Crippen molar-refractivity contribution in [3.63, 3.8) is 0 Å². The lowest BCUT2D eigenvalue weighted by molar-refractivity contribution is 0.310. The van der Waals surface area contributed by atoms with Gasteiger partial charge in [-0.25, -0.2) is 0 Å². The van der Waals surface area contributed by atoms with Gasteiger partial charge in [-0.05, 0) is 37.5 Å². The summed E-state index contributed by atoms with van der Waals surface area (Å²) in [5.74, 6) is 0.868. The minimum Gasteiger partial charge on any atom is -0.488 e. The van der Waals surface area contributed by atoms with Crippen molar-refractivity contribution in [1.82, 2.24) is 5.16 Å². The fourth-order valence-electron chi connectivity index (χ4n) is 3.41. The van der Waals surface area contributed by atoms with Crippen LogP contribution in [0.15, 0.2) is 47.0 Å². The zero-order valence-electron chi connectivity index (χ0n) is 16.7. The molecular weight excluding hydrogens is 334 g/mol. The summed E-state index contributed by atoms with van der Waals surface area (Å²) in [4.78, 5) is 0. The van der Waals surface area contributed by atoms with Crippen molar-refractivity contribution in [1.29, 1.82) is 0 Å². The third-order valence-corrected chi connectivity index (χ3v) is 5.06. The second-order valence-corrected chi connectivity index (χ2v) is 7.40. The third-order valence-electron chi connectivity index (χ3n) is 5.06. The summed E-state index contributed by atoms with van der Waals surface area (Å²) in [6, 6.07) is 14.4. The molecule has 27 heavy (non-hydrogen) atoms. The van der Waals surface area contributed by atoms with Gasteiger partial charge in [0.1, 0.15) is 12.4 Å². The number of hydrogen-bond acceptors (Lipinski definition) is 3. The lowest BCUT2D eigenvalue weighted by Gasteiger charge is -2.08. The number of ether oxygens (including phenoxy) is 1. The van der Waals surface area contributed by atoms with Crippen molar-refractivity contribution in [2.24, 2.45) is 0 Å². The summed E-state index contributed by atoms with van der Waals surface area (Å²) in [7, 11) is 0. The Morgan fingerprint density at radius 2 is 1.63 bits per heavy atom. The number of rotatable bonds is 11. The number of hydrogen-bond donors (Lipinski definition) is 0. The Balaban J connectivity index is 1.59. The molecule has 1 aromatic heterocycles. The Bertz CT molecular complexity index is 820. The Kier molecular flexibility index (Phi) is 7.32. The number of aryl methyl sites for hydroxylation is 2. The van der Waals surface area contributed by atoms with Crippen LogP contribution in [-0.4, -0.2) is 5.16 Å². The zero-order chi connectivity index (χ0) is 18.9. The number of aromatic nitrogens is 1. The van der Waals surface area contributed by atoms with Gasteiger partial charge in [-0.1, -0.05) is 86.5 Å². The predicted molar refractivity (Wildman–Crippen MR) is 111 cm³/mol. The first-order valence-electron chi connectivity index (χ1n) is 10.3. The topological polar surface area (TPSA) is 35.3 Å². The molecule has 3 nitrogen and oxygen atoms in total. The number of nitrogens with zero attached hydrogens (tertiary/aromatic N) is 1. The molecule has 0 saturated carbocycles. The molecule has 0 aliphatic carbocycles. The summed E-state index contributed by atoms with van der Waals surface area (Å²) in [5.41, 5.74) is 4.27. The summed E-state index contributed by atoms with van der Waals surface area (Å²) in [5, 5.41) is 5.35. The fraction of sp³-hybridized carbons (Fsp3) is 0.458. The molecule has 1 heterocycles. The van der Waals surface area contributed by atoms with E-state index in [-0.39, 0.29) is 0 Å². The molecule has 0 aliphatic heterocycles. The maximum Gasteiger partial charge on any atom is 0.170 e. The van der Waals surface area contributed by atoms with Crippen LogP contribution in [0.3, 0.4) is 0 Å². The van der Waals surface area contributed by atoms with Crippen LogP contribution in [0.1, 0.15) is 68.7 Å². The van der Waals surface area contributed by atoms with Gasteiger partial charge in [-0.3, -0.25) is 0 Å². The predicted octanol–water partition coefficient (Wildman–Crippen LogP) is 7.01. The van der Waals surface area contributed by atoms with Gasteiger partial charge in [0.25, 0.3) is 0 Å². The molecule has 0 saturated heterocycles. The van der Waals surface area contributed by atoms with Gasteiger partial charge in [0.15, 0.2) is 5.58 Å². The van der Waals surface area contributed by atoms with Crippen LogP contribution in [0.5, 0.6) is 5.75 Å². The van der Waals surface area contributed by atoms with E-state index in [1.165, 1.54) is 49.7 Å². The molecular formula is C24H31NO2. The smallest absolute Gasteiger partial charge is 0.170 e. The molecule has 0 spiro atoms. The highest BCUT2D eigenvalue weighted by atomic mass is 16.5. The molecule has 3 rings (SSSR count). The van der Waals surface area contributed by atoms with Crippen molar-refractivity contribution in [2.75, 3.05) is 0 Å². The van der Waals surface area contributed by atoms with E-state index in [1.54, 1.807) is 0 Å². The van der Waals surface area contributed by atoms with Crippen molar-refractivity contribution in [2.45, 2.75) is 71.8 Å². The molecule has 3 heteroatoms. The van der Waals surface area contributed by atoms with E-state index in [9.17, 15) is 0 Å². The molecule has 0 atom stereocenters. The van der Waals surface area contributed by atoms with E-state index in [0.717, 1.165) is 35.3 Å². The van der Waals surface area contributed by atoms with Crippen LogP contribution in [0.25, 0.3) is 11.0 Å². The van der Waals surface area contributed by atoms with Gasteiger partial charge in [-0.2, -0.15) is 0 Å². The zero-order valence-corrected chi connectivity index (χ0v) is 16.7. The van der Waals surface area contributed by atoms with Gasteiger partial charge >= 0.3 is 0 Å². The van der Waals surface area contributed by atoms with Crippen LogP contribution >= 0.6 is 0 Å². The fourth-order valence-corrected chi connectivity index (χ4v) is 3.41. The highest BCUT2D eigenvalue weighted by Crippen LogP contribution is 2.30. The Morgan fingerprint density at radius 1 is 0.889 bits per heavy atom. The molecule has 0 fully saturated rings. The second-order valence-electron chi connectivity index (χ2n) is 7.40. The van der Waals surface area contributed by atoms with Crippen LogP contribution < -0.4 is 4.74 Å². The lowest BCUT2D eigenvalue weighted by Crippen LogP contribution is -1.97. The maximum atomic E-state index is 6.12. The third kappa shape index (κ3) is 5.59. The first-order valence-corrected chi connectivity index (χ1v) is 10.3. The summed E-state index contributed by atoms with van der Waals surface area (Å²) in [6.45, 7) is 4.91. The van der Waals surface area contributed by atoms with E-state index >= 15 is 0 Å². The second kappa shape index (κ2) is 10.1. The van der Waals surface area contributed by atoms with Gasteiger partial charge in [0, 0.05) is 0 Å². The quantitative estimate of drug-likeness (QED) is 0.343. The maximum absolute atomic E-state index is 6.12. The highest BCUT2D eigenvalue weighted by Gasteiger charge is 2.13. The molecule has 0 aliphatic rings. The molecule has 0 N–H and O–H groups in total. The molecule has 0 amide bonds.